The minimum Gasteiger partial charge on any atom is -0.497 e. The molecule has 0 atom stereocenters. The molecule has 0 radical (unpaired) electrons. The van der Waals surface area contributed by atoms with E-state index in [9.17, 15) is 18.0 Å². The van der Waals surface area contributed by atoms with Crippen molar-refractivity contribution in [1.82, 2.24) is 5.32 Å². The second-order valence-corrected chi connectivity index (χ2v) is 4.83. The highest BCUT2D eigenvalue weighted by Gasteiger charge is 2.27. The number of rotatable bonds is 6. The molecule has 1 rings (SSSR count). The number of alkyl halides is 3. The standard InChI is InChI=1S/C12H14F3NO2S/c1-18-10-4-2-3-9(7-10)8-11(17)16-5-6-19-12(13,14)15/h2-4,7H,5-6,8H2,1H3,(H,16,17). The van der Waals surface area contributed by atoms with Crippen LogP contribution >= 0.6 is 11.8 Å². The van der Waals surface area contributed by atoms with E-state index in [-0.39, 0.29) is 36.4 Å². The predicted molar refractivity (Wildman–Crippen MR) is 68.2 cm³/mol. The monoisotopic (exact) mass is 293 g/mol. The van der Waals surface area contributed by atoms with Gasteiger partial charge in [-0.2, -0.15) is 13.2 Å². The molecule has 0 heterocycles. The maximum Gasteiger partial charge on any atom is 0.441 e. The molecular formula is C12H14F3NO2S. The van der Waals surface area contributed by atoms with Crippen molar-refractivity contribution in [2.24, 2.45) is 0 Å². The number of hydrogen-bond acceptors (Lipinski definition) is 3. The molecule has 1 N–H and O–H groups in total. The van der Waals surface area contributed by atoms with Gasteiger partial charge in [-0.05, 0) is 29.5 Å². The van der Waals surface area contributed by atoms with Crippen LogP contribution in [0.3, 0.4) is 0 Å². The molecule has 0 unspecified atom stereocenters. The second kappa shape index (κ2) is 7.28. The van der Waals surface area contributed by atoms with Gasteiger partial charge in [-0.3, -0.25) is 4.79 Å². The van der Waals surface area contributed by atoms with Crippen molar-refractivity contribution in [3.05, 3.63) is 29.8 Å². The lowest BCUT2D eigenvalue weighted by atomic mass is 10.1. The first-order chi connectivity index (χ1) is 8.90. The predicted octanol–water partition coefficient (Wildman–Crippen LogP) is 2.61. The van der Waals surface area contributed by atoms with E-state index in [1.807, 2.05) is 0 Å². The molecule has 106 valence electrons. The van der Waals surface area contributed by atoms with Crippen LogP contribution in [0, 0.1) is 0 Å². The average Bonchev–Trinajstić information content (AvgIpc) is 2.34. The summed E-state index contributed by atoms with van der Waals surface area (Å²) in [6.07, 6.45) is 0.119. The first-order valence-electron chi connectivity index (χ1n) is 5.51. The van der Waals surface area contributed by atoms with E-state index in [1.165, 1.54) is 7.11 Å². The van der Waals surface area contributed by atoms with Gasteiger partial charge in [0.25, 0.3) is 0 Å². The minimum atomic E-state index is -4.25. The van der Waals surface area contributed by atoms with Gasteiger partial charge in [-0.1, -0.05) is 12.1 Å². The first-order valence-corrected chi connectivity index (χ1v) is 6.49. The van der Waals surface area contributed by atoms with Crippen molar-refractivity contribution in [1.29, 1.82) is 0 Å². The first kappa shape index (κ1) is 15.7. The van der Waals surface area contributed by atoms with Crippen LogP contribution in [0.1, 0.15) is 5.56 Å². The van der Waals surface area contributed by atoms with Gasteiger partial charge in [0.2, 0.25) is 5.91 Å². The molecule has 1 aromatic rings. The molecule has 0 saturated carbocycles. The largest absolute Gasteiger partial charge is 0.497 e. The van der Waals surface area contributed by atoms with Crippen molar-refractivity contribution in [2.45, 2.75) is 11.9 Å². The summed E-state index contributed by atoms with van der Waals surface area (Å²) in [7, 11) is 1.52. The van der Waals surface area contributed by atoms with Crippen LogP contribution in [0.25, 0.3) is 0 Å². The summed E-state index contributed by atoms with van der Waals surface area (Å²) in [5, 5.41) is 2.44. The number of methoxy groups -OCH3 is 1. The zero-order chi connectivity index (χ0) is 14.3. The number of thioether (sulfide) groups is 1. The molecule has 0 bridgehead atoms. The Bertz CT molecular complexity index is 424. The number of hydrogen-bond donors (Lipinski definition) is 1. The molecule has 0 fully saturated rings. The lowest BCUT2D eigenvalue weighted by molar-refractivity contribution is -0.120. The summed E-state index contributed by atoms with van der Waals surface area (Å²) in [5.41, 5.74) is -3.50. The van der Waals surface area contributed by atoms with Gasteiger partial charge >= 0.3 is 5.51 Å². The molecule has 0 aliphatic carbocycles. The van der Waals surface area contributed by atoms with E-state index in [2.05, 4.69) is 5.32 Å². The van der Waals surface area contributed by atoms with Crippen LogP contribution in [0.4, 0.5) is 13.2 Å². The van der Waals surface area contributed by atoms with E-state index >= 15 is 0 Å². The lowest BCUT2D eigenvalue weighted by Crippen LogP contribution is -2.27. The van der Waals surface area contributed by atoms with E-state index in [4.69, 9.17) is 4.74 Å². The van der Waals surface area contributed by atoms with E-state index in [0.29, 0.717) is 5.75 Å². The van der Waals surface area contributed by atoms with Crippen LogP contribution < -0.4 is 10.1 Å². The summed E-state index contributed by atoms with van der Waals surface area (Å²) in [5.74, 6) is 0.141. The Balaban J connectivity index is 2.31. The molecule has 19 heavy (non-hydrogen) atoms. The van der Waals surface area contributed by atoms with Gasteiger partial charge < -0.3 is 10.1 Å². The third-order valence-corrected chi connectivity index (χ3v) is 2.92. The third kappa shape index (κ3) is 6.95. The highest BCUT2D eigenvalue weighted by Crippen LogP contribution is 2.29. The Kier molecular flexibility index (Phi) is 6.01. The van der Waals surface area contributed by atoms with Crippen LogP contribution in [0.5, 0.6) is 5.75 Å². The van der Waals surface area contributed by atoms with Crippen molar-refractivity contribution in [2.75, 3.05) is 19.4 Å². The van der Waals surface area contributed by atoms with Crippen LogP contribution in [-0.4, -0.2) is 30.8 Å². The highest BCUT2D eigenvalue weighted by atomic mass is 32.2. The normalized spacial score (nSPS) is 11.2. The van der Waals surface area contributed by atoms with Crippen molar-refractivity contribution in [3.63, 3.8) is 0 Å². The summed E-state index contributed by atoms with van der Waals surface area (Å²) in [6.45, 7) is -0.00697. The molecule has 0 aromatic heterocycles. The molecule has 3 nitrogen and oxygen atoms in total. The molecule has 1 aromatic carbocycles. The van der Waals surface area contributed by atoms with Crippen molar-refractivity contribution >= 4 is 17.7 Å². The van der Waals surface area contributed by atoms with Gasteiger partial charge in [0.05, 0.1) is 13.5 Å². The van der Waals surface area contributed by atoms with Gasteiger partial charge in [0, 0.05) is 12.3 Å². The van der Waals surface area contributed by atoms with Crippen LogP contribution in [-0.2, 0) is 11.2 Å². The molecule has 7 heteroatoms. The van der Waals surface area contributed by atoms with Gasteiger partial charge in [-0.25, -0.2) is 0 Å². The van der Waals surface area contributed by atoms with Gasteiger partial charge in [-0.15, -0.1) is 0 Å². The SMILES string of the molecule is COc1cccc(CC(=O)NCCSC(F)(F)F)c1. The maximum absolute atomic E-state index is 11.8. The fourth-order valence-corrected chi connectivity index (χ4v) is 1.82. The molecule has 0 saturated heterocycles. The molecular weight excluding hydrogens is 279 g/mol. The number of carbonyl (C=O) groups is 1. The second-order valence-electron chi connectivity index (χ2n) is 3.67. The number of carbonyl (C=O) groups excluding carboxylic acids is 1. The zero-order valence-corrected chi connectivity index (χ0v) is 11.1. The molecule has 0 aliphatic heterocycles. The molecule has 1 amide bonds. The number of halogens is 3. The third-order valence-electron chi connectivity index (χ3n) is 2.19. The summed E-state index contributed by atoms with van der Waals surface area (Å²) in [6, 6.07) is 6.97. The highest BCUT2D eigenvalue weighted by molar-refractivity contribution is 8.00. The fourth-order valence-electron chi connectivity index (χ4n) is 1.39. The summed E-state index contributed by atoms with van der Waals surface area (Å²) in [4.78, 5) is 11.5. The Labute approximate surface area is 113 Å². The van der Waals surface area contributed by atoms with Crippen LogP contribution in [0.15, 0.2) is 24.3 Å². The number of benzene rings is 1. The molecule has 0 aliphatic rings. The Morgan fingerprint density at radius 1 is 1.42 bits per heavy atom. The number of nitrogens with one attached hydrogen (secondary N) is 1. The maximum atomic E-state index is 11.8. The topological polar surface area (TPSA) is 38.3 Å². The van der Waals surface area contributed by atoms with Crippen molar-refractivity contribution in [3.8, 4) is 5.75 Å². The van der Waals surface area contributed by atoms with E-state index in [0.717, 1.165) is 5.56 Å². The Morgan fingerprint density at radius 2 is 2.16 bits per heavy atom. The minimum absolute atomic E-state index is 0.00697. The smallest absolute Gasteiger partial charge is 0.441 e. The molecule has 0 spiro atoms. The quantitative estimate of drug-likeness (QED) is 0.819. The fraction of sp³-hybridized carbons (Fsp3) is 0.417. The lowest BCUT2D eigenvalue weighted by Gasteiger charge is -2.08. The van der Waals surface area contributed by atoms with E-state index in [1.54, 1.807) is 24.3 Å². The van der Waals surface area contributed by atoms with Gasteiger partial charge in [0.15, 0.2) is 0 Å². The Morgan fingerprint density at radius 3 is 2.79 bits per heavy atom. The average molecular weight is 293 g/mol. The van der Waals surface area contributed by atoms with E-state index < -0.39 is 5.51 Å². The number of amides is 1. The zero-order valence-electron chi connectivity index (χ0n) is 10.3. The van der Waals surface area contributed by atoms with Crippen LogP contribution in [0.2, 0.25) is 0 Å². The van der Waals surface area contributed by atoms with Crippen molar-refractivity contribution < 1.29 is 22.7 Å². The number of ether oxygens (including phenoxy) is 1. The van der Waals surface area contributed by atoms with Gasteiger partial charge in [0.1, 0.15) is 5.75 Å². The summed E-state index contributed by atoms with van der Waals surface area (Å²) < 4.78 is 40.6. The Hall–Kier alpha value is -1.37. The summed E-state index contributed by atoms with van der Waals surface area (Å²) >= 11 is -0.147.